The van der Waals surface area contributed by atoms with Crippen LogP contribution in [0.4, 0.5) is 0 Å². The summed E-state index contributed by atoms with van der Waals surface area (Å²) in [6.45, 7) is 8.02. The van der Waals surface area contributed by atoms with Gasteiger partial charge in [0, 0.05) is 24.1 Å². The van der Waals surface area contributed by atoms with E-state index >= 15 is 0 Å². The molecule has 3 rings (SSSR count). The number of fused-ring (bicyclic) bond motifs is 1. The molecule has 36 heavy (non-hydrogen) atoms. The zero-order valence-electron chi connectivity index (χ0n) is 21.5. The number of ether oxygens (including phenoxy) is 4. The molecule has 2 aromatic heterocycles. The lowest BCUT2D eigenvalue weighted by molar-refractivity contribution is -0.154. The van der Waals surface area contributed by atoms with Crippen molar-refractivity contribution in [2.24, 2.45) is 0 Å². The SMILES string of the molecule is COC(=O)c1csc(C(=O)c2cn(COC(=O)CC(C)(C)OCCC(C)(C)OC)c3ccccc23)n1. The van der Waals surface area contributed by atoms with E-state index < -0.39 is 17.5 Å². The van der Waals surface area contributed by atoms with Gasteiger partial charge in [0.2, 0.25) is 5.78 Å². The molecular weight excluding hydrogens is 484 g/mol. The first-order chi connectivity index (χ1) is 17.0. The summed E-state index contributed by atoms with van der Waals surface area (Å²) in [6, 6.07) is 7.31. The second-order valence-corrected chi connectivity index (χ2v) is 10.4. The van der Waals surface area contributed by atoms with E-state index in [1.807, 2.05) is 52.0 Å². The first-order valence-electron chi connectivity index (χ1n) is 11.5. The Hall–Kier alpha value is -3.08. The van der Waals surface area contributed by atoms with Crippen LogP contribution >= 0.6 is 11.3 Å². The van der Waals surface area contributed by atoms with Crippen molar-refractivity contribution in [1.82, 2.24) is 9.55 Å². The van der Waals surface area contributed by atoms with E-state index in [9.17, 15) is 14.4 Å². The number of para-hydroxylation sites is 1. The van der Waals surface area contributed by atoms with Gasteiger partial charge in [-0.25, -0.2) is 9.78 Å². The first kappa shape index (κ1) is 27.5. The topological polar surface area (TPSA) is 106 Å². The summed E-state index contributed by atoms with van der Waals surface area (Å²) in [4.78, 5) is 41.6. The van der Waals surface area contributed by atoms with Crippen molar-refractivity contribution in [3.8, 4) is 0 Å². The predicted octanol–water partition coefficient (Wildman–Crippen LogP) is 4.62. The highest BCUT2D eigenvalue weighted by Gasteiger charge is 2.26. The molecule has 0 aliphatic rings. The van der Waals surface area contributed by atoms with Crippen LogP contribution in [0.15, 0.2) is 35.8 Å². The minimum absolute atomic E-state index is 0.0648. The Balaban J connectivity index is 1.68. The van der Waals surface area contributed by atoms with Crippen LogP contribution in [0.25, 0.3) is 10.9 Å². The second-order valence-electron chi connectivity index (χ2n) is 9.53. The van der Waals surface area contributed by atoms with Crippen molar-refractivity contribution in [3.05, 3.63) is 52.1 Å². The van der Waals surface area contributed by atoms with Gasteiger partial charge in [-0.3, -0.25) is 9.59 Å². The molecule has 0 aliphatic carbocycles. The Kier molecular flexibility index (Phi) is 8.65. The van der Waals surface area contributed by atoms with Crippen LogP contribution in [0.1, 0.15) is 66.4 Å². The van der Waals surface area contributed by atoms with Crippen LogP contribution in [-0.2, 0) is 30.5 Å². The fourth-order valence-corrected chi connectivity index (χ4v) is 4.23. The number of thiazole rings is 1. The smallest absolute Gasteiger partial charge is 0.357 e. The number of ketones is 1. The van der Waals surface area contributed by atoms with Crippen LogP contribution in [-0.4, -0.2) is 59.3 Å². The number of methoxy groups -OCH3 is 2. The van der Waals surface area contributed by atoms with Crippen molar-refractivity contribution in [2.45, 2.75) is 58.5 Å². The molecule has 194 valence electrons. The van der Waals surface area contributed by atoms with Crippen molar-refractivity contribution in [3.63, 3.8) is 0 Å². The summed E-state index contributed by atoms with van der Waals surface area (Å²) in [5.74, 6) is -1.35. The monoisotopic (exact) mass is 516 g/mol. The van der Waals surface area contributed by atoms with Crippen LogP contribution in [0.2, 0.25) is 0 Å². The van der Waals surface area contributed by atoms with E-state index in [0.717, 1.165) is 16.9 Å². The predicted molar refractivity (Wildman–Crippen MR) is 135 cm³/mol. The lowest BCUT2D eigenvalue weighted by Crippen LogP contribution is -2.32. The average Bonchev–Trinajstić information content (AvgIpc) is 3.47. The molecule has 9 nitrogen and oxygen atoms in total. The number of esters is 2. The van der Waals surface area contributed by atoms with E-state index in [1.54, 1.807) is 17.9 Å². The van der Waals surface area contributed by atoms with Crippen LogP contribution in [0.5, 0.6) is 0 Å². The Morgan fingerprint density at radius 3 is 2.47 bits per heavy atom. The number of benzene rings is 1. The minimum atomic E-state index is -0.705. The third-order valence-electron chi connectivity index (χ3n) is 5.81. The van der Waals surface area contributed by atoms with Crippen molar-refractivity contribution in [2.75, 3.05) is 20.8 Å². The lowest BCUT2D eigenvalue weighted by atomic mass is 10.0. The van der Waals surface area contributed by atoms with Gasteiger partial charge in [-0.05, 0) is 40.2 Å². The summed E-state index contributed by atoms with van der Waals surface area (Å²) in [7, 11) is 2.91. The maximum Gasteiger partial charge on any atom is 0.357 e. The molecule has 0 spiro atoms. The van der Waals surface area contributed by atoms with Crippen molar-refractivity contribution in [1.29, 1.82) is 0 Å². The third-order valence-corrected chi connectivity index (χ3v) is 6.65. The van der Waals surface area contributed by atoms with Crippen LogP contribution in [0.3, 0.4) is 0 Å². The van der Waals surface area contributed by atoms with E-state index in [0.29, 0.717) is 24.0 Å². The molecule has 1 aromatic carbocycles. The molecule has 10 heteroatoms. The molecule has 2 heterocycles. The van der Waals surface area contributed by atoms with Crippen molar-refractivity contribution < 1.29 is 33.3 Å². The van der Waals surface area contributed by atoms with Gasteiger partial charge in [-0.15, -0.1) is 11.3 Å². The quantitative estimate of drug-likeness (QED) is 0.254. The Morgan fingerprint density at radius 2 is 1.78 bits per heavy atom. The van der Waals surface area contributed by atoms with Gasteiger partial charge in [0.25, 0.3) is 0 Å². The van der Waals surface area contributed by atoms with E-state index in [4.69, 9.17) is 14.2 Å². The molecule has 0 bridgehead atoms. The Bertz CT molecular complexity index is 1240. The fraction of sp³-hybridized carbons (Fsp3) is 0.462. The Labute approximate surface area is 214 Å². The highest BCUT2D eigenvalue weighted by Crippen LogP contribution is 2.26. The number of aromatic nitrogens is 2. The van der Waals surface area contributed by atoms with E-state index in [2.05, 4.69) is 9.72 Å². The summed E-state index contributed by atoms with van der Waals surface area (Å²) < 4.78 is 23.2. The molecule has 3 aromatic rings. The maximum absolute atomic E-state index is 13.2. The molecule has 0 radical (unpaired) electrons. The number of carbonyl (C=O) groups excluding carboxylic acids is 3. The summed E-state index contributed by atoms with van der Waals surface area (Å²) in [5.41, 5.74) is 0.204. The van der Waals surface area contributed by atoms with Gasteiger partial charge >= 0.3 is 11.9 Å². The highest BCUT2D eigenvalue weighted by atomic mass is 32.1. The number of nitrogens with zero attached hydrogens (tertiary/aromatic N) is 2. The number of hydrogen-bond donors (Lipinski definition) is 0. The van der Waals surface area contributed by atoms with Crippen molar-refractivity contribution >= 4 is 40.0 Å². The number of hydrogen-bond acceptors (Lipinski definition) is 9. The molecular formula is C26H32N2O7S. The zero-order valence-corrected chi connectivity index (χ0v) is 22.3. The summed E-state index contributed by atoms with van der Waals surface area (Å²) in [5, 5.41) is 2.35. The van der Waals surface area contributed by atoms with E-state index in [1.165, 1.54) is 12.5 Å². The van der Waals surface area contributed by atoms with Gasteiger partial charge in [-0.2, -0.15) is 0 Å². The molecule has 0 saturated heterocycles. The van der Waals surface area contributed by atoms with Crippen LogP contribution < -0.4 is 0 Å². The van der Waals surface area contributed by atoms with Crippen LogP contribution in [0, 0.1) is 0 Å². The van der Waals surface area contributed by atoms with Gasteiger partial charge < -0.3 is 23.5 Å². The zero-order chi connectivity index (χ0) is 26.5. The van der Waals surface area contributed by atoms with Gasteiger partial charge in [0.15, 0.2) is 17.4 Å². The summed E-state index contributed by atoms with van der Waals surface area (Å²) >= 11 is 1.07. The number of rotatable bonds is 12. The second kappa shape index (κ2) is 11.3. The first-order valence-corrected chi connectivity index (χ1v) is 12.4. The standard InChI is InChI=1S/C26H32N2O7S/c1-25(2,33-6)11-12-35-26(3,4)13-21(29)34-16-28-14-18(17-9-7-8-10-20(17)28)22(30)23-27-19(15-36-23)24(31)32-5/h7-10,14-15H,11-13,16H2,1-6H3. The fourth-order valence-electron chi connectivity index (χ4n) is 3.49. The molecule has 0 N–H and O–H groups in total. The Morgan fingerprint density at radius 1 is 1.06 bits per heavy atom. The molecule has 0 amide bonds. The lowest BCUT2D eigenvalue weighted by Gasteiger charge is -2.28. The molecule has 0 unspecified atom stereocenters. The van der Waals surface area contributed by atoms with Gasteiger partial charge in [0.1, 0.15) is 0 Å². The third kappa shape index (κ3) is 6.77. The minimum Gasteiger partial charge on any atom is -0.464 e. The normalized spacial score (nSPS) is 12.1. The molecule has 0 atom stereocenters. The summed E-state index contributed by atoms with van der Waals surface area (Å²) in [6.07, 6.45) is 2.39. The van der Waals surface area contributed by atoms with E-state index in [-0.39, 0.29) is 35.2 Å². The molecule has 0 saturated carbocycles. The van der Waals surface area contributed by atoms with Gasteiger partial charge in [-0.1, -0.05) is 18.2 Å². The highest BCUT2D eigenvalue weighted by molar-refractivity contribution is 7.12. The maximum atomic E-state index is 13.2. The van der Waals surface area contributed by atoms with Gasteiger partial charge in [0.05, 0.1) is 42.4 Å². The molecule has 0 aliphatic heterocycles. The number of carbonyl (C=O) groups is 3. The molecule has 0 fully saturated rings. The average molecular weight is 517 g/mol. The largest absolute Gasteiger partial charge is 0.464 e.